The molecule has 6 aromatic rings. The van der Waals surface area contributed by atoms with Crippen molar-refractivity contribution in [2.45, 2.75) is 6.92 Å². The molecule has 8 nitrogen and oxygen atoms in total. The van der Waals surface area contributed by atoms with Gasteiger partial charge in [0.05, 0.1) is 33.3 Å². The third-order valence-electron chi connectivity index (χ3n) is 5.26. The van der Waals surface area contributed by atoms with Crippen molar-refractivity contribution in [3.8, 4) is 33.2 Å². The number of rotatable bonds is 4. The summed E-state index contributed by atoms with van der Waals surface area (Å²) in [5.74, 6) is 0.718. The molecule has 6 rings (SSSR count). The number of hydrogen-bond acceptors (Lipinski definition) is 7. The highest BCUT2D eigenvalue weighted by molar-refractivity contribution is 7.17. The number of hydrogen-bond donors (Lipinski definition) is 2. The van der Waals surface area contributed by atoms with Gasteiger partial charge in [-0.15, -0.1) is 11.3 Å². The van der Waals surface area contributed by atoms with Crippen LogP contribution in [0.25, 0.3) is 55.2 Å². The second-order valence-corrected chi connectivity index (χ2v) is 8.41. The Bertz CT molecular complexity index is 1610. The molecule has 0 saturated heterocycles. The second-order valence-electron chi connectivity index (χ2n) is 7.32. The highest BCUT2D eigenvalue weighted by Crippen LogP contribution is 2.35. The zero-order valence-corrected chi connectivity index (χ0v) is 17.6. The number of imidazole rings is 1. The molecule has 0 unspecified atom stereocenters. The van der Waals surface area contributed by atoms with Gasteiger partial charge in [0.15, 0.2) is 11.6 Å². The molecule has 0 fully saturated rings. The number of Topliss-reactive ketones (excluding diaryl/α,β-unsaturated/α-hetero) is 1. The molecular formula is C23H15N7OS. The van der Waals surface area contributed by atoms with Crippen LogP contribution in [0.2, 0.25) is 0 Å². The van der Waals surface area contributed by atoms with Crippen LogP contribution in [-0.2, 0) is 0 Å². The largest absolute Gasteiger partial charge is 0.337 e. The number of ketones is 1. The van der Waals surface area contributed by atoms with E-state index >= 15 is 0 Å². The number of benzene rings is 1. The van der Waals surface area contributed by atoms with E-state index < -0.39 is 0 Å². The molecule has 0 radical (unpaired) electrons. The SMILES string of the molecule is CC(=O)c1ccc(-c2cccc3[nH]c(-c4n[nH]c5cnc(-c6cncnc6)cc45)nc23)s1. The molecule has 0 saturated carbocycles. The number of fused-ring (bicyclic) bond motifs is 2. The van der Waals surface area contributed by atoms with Gasteiger partial charge in [-0.2, -0.15) is 5.10 Å². The van der Waals surface area contributed by atoms with Crippen molar-refractivity contribution in [3.63, 3.8) is 0 Å². The van der Waals surface area contributed by atoms with Crippen LogP contribution in [0.1, 0.15) is 16.6 Å². The number of nitrogens with one attached hydrogen (secondary N) is 2. The first-order chi connectivity index (χ1) is 15.7. The van der Waals surface area contributed by atoms with Gasteiger partial charge in [-0.1, -0.05) is 12.1 Å². The number of H-pyrrole nitrogens is 2. The third kappa shape index (κ3) is 2.98. The van der Waals surface area contributed by atoms with E-state index in [0.29, 0.717) is 11.5 Å². The van der Waals surface area contributed by atoms with E-state index in [1.54, 1.807) is 25.5 Å². The summed E-state index contributed by atoms with van der Waals surface area (Å²) < 4.78 is 0. The molecule has 1 aromatic carbocycles. The summed E-state index contributed by atoms with van der Waals surface area (Å²) in [7, 11) is 0. The lowest BCUT2D eigenvalue weighted by molar-refractivity contribution is 0.102. The van der Waals surface area contributed by atoms with Gasteiger partial charge in [0.1, 0.15) is 12.0 Å². The molecule has 5 aromatic heterocycles. The van der Waals surface area contributed by atoms with E-state index in [9.17, 15) is 4.79 Å². The number of carbonyl (C=O) groups is 1. The zero-order valence-electron chi connectivity index (χ0n) is 16.8. The molecule has 0 atom stereocenters. The van der Waals surface area contributed by atoms with Crippen molar-refractivity contribution in [2.75, 3.05) is 0 Å². The van der Waals surface area contributed by atoms with Gasteiger partial charge in [-0.05, 0) is 31.2 Å². The first-order valence-electron chi connectivity index (χ1n) is 9.87. The number of aromatic nitrogens is 7. The average molecular weight is 437 g/mol. The Morgan fingerprint density at radius 1 is 1.03 bits per heavy atom. The minimum atomic E-state index is 0.0624. The van der Waals surface area contributed by atoms with Crippen molar-refractivity contribution in [1.29, 1.82) is 0 Å². The first-order valence-corrected chi connectivity index (χ1v) is 10.7. The predicted molar refractivity (Wildman–Crippen MR) is 123 cm³/mol. The van der Waals surface area contributed by atoms with Crippen molar-refractivity contribution in [2.24, 2.45) is 0 Å². The van der Waals surface area contributed by atoms with Crippen LogP contribution in [0.3, 0.4) is 0 Å². The highest BCUT2D eigenvalue weighted by atomic mass is 32.1. The van der Waals surface area contributed by atoms with Gasteiger partial charge in [0.2, 0.25) is 0 Å². The number of para-hydroxylation sites is 1. The molecule has 2 N–H and O–H groups in total. The van der Waals surface area contributed by atoms with E-state index in [4.69, 9.17) is 4.98 Å². The van der Waals surface area contributed by atoms with E-state index in [1.807, 2.05) is 36.4 Å². The molecule has 0 spiro atoms. The minimum Gasteiger partial charge on any atom is -0.337 e. The summed E-state index contributed by atoms with van der Waals surface area (Å²) in [5.41, 5.74) is 5.81. The van der Waals surface area contributed by atoms with Crippen LogP contribution in [0, 0.1) is 0 Å². The fourth-order valence-corrected chi connectivity index (χ4v) is 4.63. The number of pyridine rings is 1. The maximum atomic E-state index is 11.7. The fourth-order valence-electron chi connectivity index (χ4n) is 3.70. The Balaban J connectivity index is 1.49. The molecule has 0 aliphatic carbocycles. The quantitative estimate of drug-likeness (QED) is 0.380. The smallest absolute Gasteiger partial charge is 0.169 e. The molecule has 32 heavy (non-hydrogen) atoms. The van der Waals surface area contributed by atoms with Crippen molar-refractivity contribution in [3.05, 3.63) is 66.2 Å². The van der Waals surface area contributed by atoms with Crippen LogP contribution in [0.5, 0.6) is 0 Å². The number of thiophene rings is 1. The number of aromatic amines is 2. The molecular weight excluding hydrogens is 422 g/mol. The maximum absolute atomic E-state index is 11.7. The normalized spacial score (nSPS) is 11.4. The summed E-state index contributed by atoms with van der Waals surface area (Å²) >= 11 is 1.47. The molecule has 0 aliphatic rings. The average Bonchev–Trinajstić information content (AvgIpc) is 3.56. The fraction of sp³-hybridized carbons (Fsp3) is 0.0435. The van der Waals surface area contributed by atoms with Gasteiger partial charge < -0.3 is 4.98 Å². The lowest BCUT2D eigenvalue weighted by atomic mass is 10.1. The summed E-state index contributed by atoms with van der Waals surface area (Å²) in [4.78, 5) is 34.4. The molecule has 154 valence electrons. The first kappa shape index (κ1) is 18.5. The van der Waals surface area contributed by atoms with E-state index in [2.05, 4.69) is 30.1 Å². The van der Waals surface area contributed by atoms with E-state index in [-0.39, 0.29) is 5.78 Å². The van der Waals surface area contributed by atoms with Crippen LogP contribution < -0.4 is 0 Å². The Morgan fingerprint density at radius 2 is 1.91 bits per heavy atom. The number of carbonyl (C=O) groups excluding carboxylic acids is 1. The Kier molecular flexibility index (Phi) is 4.15. The topological polar surface area (TPSA) is 113 Å². The lowest BCUT2D eigenvalue weighted by Gasteiger charge is -2.00. The van der Waals surface area contributed by atoms with Crippen LogP contribution >= 0.6 is 11.3 Å². The molecule has 0 aliphatic heterocycles. The summed E-state index contributed by atoms with van der Waals surface area (Å²) in [6.07, 6.45) is 6.69. The van der Waals surface area contributed by atoms with Gasteiger partial charge >= 0.3 is 0 Å². The van der Waals surface area contributed by atoms with Gasteiger partial charge in [0, 0.05) is 33.8 Å². The van der Waals surface area contributed by atoms with Crippen molar-refractivity contribution in [1.82, 2.24) is 35.1 Å². The maximum Gasteiger partial charge on any atom is 0.169 e. The lowest BCUT2D eigenvalue weighted by Crippen LogP contribution is -1.87. The van der Waals surface area contributed by atoms with Crippen LogP contribution in [0.4, 0.5) is 0 Å². The summed E-state index contributed by atoms with van der Waals surface area (Å²) in [6, 6.07) is 11.8. The summed E-state index contributed by atoms with van der Waals surface area (Å²) in [5, 5.41) is 8.42. The van der Waals surface area contributed by atoms with Crippen molar-refractivity contribution >= 4 is 39.1 Å². The van der Waals surface area contributed by atoms with Crippen LogP contribution in [-0.4, -0.2) is 40.9 Å². The zero-order chi connectivity index (χ0) is 21.7. The van der Waals surface area contributed by atoms with Crippen molar-refractivity contribution < 1.29 is 4.79 Å². The molecule has 9 heteroatoms. The number of nitrogens with zero attached hydrogens (tertiary/aromatic N) is 5. The van der Waals surface area contributed by atoms with Gasteiger partial charge in [-0.25, -0.2) is 15.0 Å². The minimum absolute atomic E-state index is 0.0624. The monoisotopic (exact) mass is 437 g/mol. The summed E-state index contributed by atoms with van der Waals surface area (Å²) in [6.45, 7) is 1.58. The highest BCUT2D eigenvalue weighted by Gasteiger charge is 2.17. The predicted octanol–water partition coefficient (Wildman–Crippen LogP) is 4.89. The molecule has 0 bridgehead atoms. The Labute approximate surface area is 185 Å². The Morgan fingerprint density at radius 3 is 2.72 bits per heavy atom. The second kappa shape index (κ2) is 7.17. The van der Waals surface area contributed by atoms with E-state index in [0.717, 1.165) is 48.5 Å². The Hall–Kier alpha value is -4.24. The van der Waals surface area contributed by atoms with Crippen LogP contribution in [0.15, 0.2) is 61.3 Å². The van der Waals surface area contributed by atoms with Gasteiger partial charge in [0.25, 0.3) is 0 Å². The molecule has 0 amide bonds. The molecule has 5 heterocycles. The third-order valence-corrected chi connectivity index (χ3v) is 6.48. The van der Waals surface area contributed by atoms with E-state index in [1.165, 1.54) is 17.7 Å². The van der Waals surface area contributed by atoms with Gasteiger partial charge in [-0.3, -0.25) is 14.9 Å². The standard InChI is InChI=1S/C23H15N7OS/c1-12(31)19-5-6-20(32-19)14-3-2-4-16-21(14)28-23(27-16)22-15-7-17(13-8-24-11-25-9-13)26-10-18(15)29-30-22/h2-11H,1H3,(H,27,28)(H,29,30).